The molecule has 1 atom stereocenters. The maximum Gasteiger partial charge on any atom is 0.345 e. The largest absolute Gasteiger partial charge is 0.376 e. The first-order valence-corrected chi connectivity index (χ1v) is 8.34. The second-order valence-electron chi connectivity index (χ2n) is 6.09. The summed E-state index contributed by atoms with van der Waals surface area (Å²) < 4.78 is 14.4. The predicted molar refractivity (Wildman–Crippen MR) is 82.0 cm³/mol. The van der Waals surface area contributed by atoms with Gasteiger partial charge in [-0.1, -0.05) is 0 Å². The van der Waals surface area contributed by atoms with Crippen LogP contribution in [0.2, 0.25) is 0 Å². The normalized spacial score (nSPS) is 23.8. The molecule has 2 saturated heterocycles. The summed E-state index contributed by atoms with van der Waals surface area (Å²) in [4.78, 5) is 12.5. The van der Waals surface area contributed by atoms with Gasteiger partial charge in [-0.2, -0.15) is 5.10 Å². The van der Waals surface area contributed by atoms with Gasteiger partial charge in [0.2, 0.25) is 0 Å². The molecule has 7 nitrogen and oxygen atoms in total. The fraction of sp³-hybridized carbons (Fsp3) is 0.867. The van der Waals surface area contributed by atoms with E-state index >= 15 is 0 Å². The van der Waals surface area contributed by atoms with Crippen molar-refractivity contribution in [2.75, 3.05) is 32.9 Å². The van der Waals surface area contributed by atoms with Crippen LogP contribution in [0, 0.1) is 5.92 Å². The Morgan fingerprint density at radius 1 is 1.32 bits per heavy atom. The predicted octanol–water partition coefficient (Wildman–Crippen LogP) is 0.0222. The van der Waals surface area contributed by atoms with Crippen molar-refractivity contribution in [3.63, 3.8) is 0 Å². The van der Waals surface area contributed by atoms with Gasteiger partial charge in [0.05, 0.1) is 26.4 Å². The molecule has 22 heavy (non-hydrogen) atoms. The van der Waals surface area contributed by atoms with Crippen molar-refractivity contribution >= 4 is 0 Å². The van der Waals surface area contributed by atoms with Crippen LogP contribution >= 0.6 is 0 Å². The van der Waals surface area contributed by atoms with Gasteiger partial charge in [0.1, 0.15) is 11.9 Å². The van der Waals surface area contributed by atoms with Crippen molar-refractivity contribution in [3.05, 3.63) is 16.3 Å². The van der Waals surface area contributed by atoms with E-state index < -0.39 is 0 Å². The first-order valence-electron chi connectivity index (χ1n) is 8.34. The highest BCUT2D eigenvalue weighted by atomic mass is 16.6. The maximum absolute atomic E-state index is 12.5. The molecule has 124 valence electrons. The second-order valence-corrected chi connectivity index (χ2v) is 6.09. The summed E-state index contributed by atoms with van der Waals surface area (Å²) in [6.07, 6.45) is 3.13. The van der Waals surface area contributed by atoms with E-state index in [1.807, 2.05) is 6.92 Å². The van der Waals surface area contributed by atoms with E-state index in [0.29, 0.717) is 38.8 Å². The minimum absolute atomic E-state index is 0.0272. The first kappa shape index (κ1) is 15.7. The molecule has 2 fully saturated rings. The van der Waals surface area contributed by atoms with Crippen molar-refractivity contribution in [1.29, 1.82) is 0 Å². The number of piperidine rings is 1. The Hall–Kier alpha value is -1.18. The van der Waals surface area contributed by atoms with Crippen molar-refractivity contribution in [2.45, 2.75) is 45.4 Å². The van der Waals surface area contributed by atoms with E-state index in [2.05, 4.69) is 10.4 Å². The third-order valence-corrected chi connectivity index (χ3v) is 4.51. The van der Waals surface area contributed by atoms with Gasteiger partial charge < -0.3 is 14.8 Å². The molecule has 0 unspecified atom stereocenters. The molecule has 7 heteroatoms. The standard InChI is InChI=1S/C15H26N4O3/c1-2-18-14(9-12-3-5-16-6-4-12)17-19(15(18)20)10-13-11-21-7-8-22-13/h12-13,16H,2-11H2,1H3/t13-/m0/s1. The molecule has 2 aliphatic heterocycles. The van der Waals surface area contributed by atoms with Gasteiger partial charge >= 0.3 is 5.69 Å². The van der Waals surface area contributed by atoms with Gasteiger partial charge in [0.15, 0.2) is 0 Å². The topological polar surface area (TPSA) is 70.3 Å². The van der Waals surface area contributed by atoms with Crippen LogP contribution in [-0.4, -0.2) is 53.4 Å². The summed E-state index contributed by atoms with van der Waals surface area (Å²) in [6.45, 7) is 7.04. The zero-order valence-electron chi connectivity index (χ0n) is 13.3. The minimum Gasteiger partial charge on any atom is -0.376 e. The molecule has 1 aromatic rings. The van der Waals surface area contributed by atoms with Crippen molar-refractivity contribution in [1.82, 2.24) is 19.7 Å². The minimum atomic E-state index is -0.0709. The molecule has 0 aromatic carbocycles. The molecule has 0 radical (unpaired) electrons. The van der Waals surface area contributed by atoms with E-state index in [1.165, 1.54) is 0 Å². The van der Waals surface area contributed by atoms with E-state index in [-0.39, 0.29) is 11.8 Å². The Kier molecular flexibility index (Phi) is 5.28. The number of nitrogens with zero attached hydrogens (tertiary/aromatic N) is 3. The third kappa shape index (κ3) is 3.59. The monoisotopic (exact) mass is 310 g/mol. The number of rotatable bonds is 5. The van der Waals surface area contributed by atoms with Crippen LogP contribution in [0.3, 0.4) is 0 Å². The summed E-state index contributed by atoms with van der Waals surface area (Å²) in [5.41, 5.74) is -0.0272. The van der Waals surface area contributed by atoms with Gasteiger partial charge in [0.25, 0.3) is 0 Å². The Balaban J connectivity index is 1.72. The highest BCUT2D eigenvalue weighted by Crippen LogP contribution is 2.16. The van der Waals surface area contributed by atoms with Crippen molar-refractivity contribution < 1.29 is 9.47 Å². The summed E-state index contributed by atoms with van der Waals surface area (Å²) in [7, 11) is 0. The van der Waals surface area contributed by atoms with Crippen molar-refractivity contribution in [3.8, 4) is 0 Å². The van der Waals surface area contributed by atoms with Crippen LogP contribution < -0.4 is 11.0 Å². The molecule has 0 aliphatic carbocycles. The number of nitrogens with one attached hydrogen (secondary N) is 1. The molecule has 0 spiro atoms. The van der Waals surface area contributed by atoms with E-state index in [1.54, 1.807) is 9.25 Å². The van der Waals surface area contributed by atoms with Crippen molar-refractivity contribution in [2.24, 2.45) is 5.92 Å². The van der Waals surface area contributed by atoms with Gasteiger partial charge in [-0.15, -0.1) is 0 Å². The Labute approximate surface area is 130 Å². The first-order chi connectivity index (χ1) is 10.8. The second kappa shape index (κ2) is 7.39. The van der Waals surface area contributed by atoms with Gasteiger partial charge in [-0.25, -0.2) is 9.48 Å². The van der Waals surface area contributed by atoms with E-state index in [9.17, 15) is 4.79 Å². The molecule has 3 heterocycles. The SMILES string of the molecule is CCn1c(CC2CCNCC2)nn(C[C@H]2COCCO2)c1=O. The third-order valence-electron chi connectivity index (χ3n) is 4.51. The van der Waals surface area contributed by atoms with Crippen LogP contribution in [0.5, 0.6) is 0 Å². The Bertz CT molecular complexity index is 527. The summed E-state index contributed by atoms with van der Waals surface area (Å²) in [5.74, 6) is 1.53. The molecule has 3 rings (SSSR count). The highest BCUT2D eigenvalue weighted by Gasteiger charge is 2.22. The zero-order valence-corrected chi connectivity index (χ0v) is 13.3. The average molecular weight is 310 g/mol. The molecule has 0 saturated carbocycles. The number of hydrogen-bond donors (Lipinski definition) is 1. The average Bonchev–Trinajstić information content (AvgIpc) is 2.84. The molecular weight excluding hydrogens is 284 g/mol. The zero-order chi connectivity index (χ0) is 15.4. The van der Waals surface area contributed by atoms with Gasteiger partial charge in [0, 0.05) is 13.0 Å². The lowest BCUT2D eigenvalue weighted by atomic mass is 9.94. The van der Waals surface area contributed by atoms with Crippen LogP contribution in [-0.2, 0) is 29.0 Å². The fourth-order valence-corrected chi connectivity index (χ4v) is 3.25. The van der Waals surface area contributed by atoms with Gasteiger partial charge in [-0.05, 0) is 38.8 Å². The lowest BCUT2D eigenvalue weighted by Gasteiger charge is -2.22. The molecule has 1 aromatic heterocycles. The van der Waals surface area contributed by atoms with Crippen LogP contribution in [0.15, 0.2) is 4.79 Å². The molecule has 0 amide bonds. The summed E-state index contributed by atoms with van der Waals surface area (Å²) in [6, 6.07) is 0. The molecular formula is C15H26N4O3. The molecule has 0 bridgehead atoms. The Morgan fingerprint density at radius 2 is 2.14 bits per heavy atom. The number of aromatic nitrogens is 3. The van der Waals surface area contributed by atoms with E-state index in [4.69, 9.17) is 9.47 Å². The quantitative estimate of drug-likeness (QED) is 0.830. The smallest absolute Gasteiger partial charge is 0.345 e. The molecule has 2 aliphatic rings. The number of ether oxygens (including phenoxy) is 2. The van der Waals surface area contributed by atoms with Crippen LogP contribution in [0.1, 0.15) is 25.6 Å². The van der Waals surface area contributed by atoms with Gasteiger partial charge in [-0.3, -0.25) is 4.57 Å². The van der Waals surface area contributed by atoms with Crippen LogP contribution in [0.25, 0.3) is 0 Å². The summed E-state index contributed by atoms with van der Waals surface area (Å²) >= 11 is 0. The fourth-order valence-electron chi connectivity index (χ4n) is 3.25. The maximum atomic E-state index is 12.5. The highest BCUT2D eigenvalue weighted by molar-refractivity contribution is 4.92. The van der Waals surface area contributed by atoms with Crippen LogP contribution in [0.4, 0.5) is 0 Å². The Morgan fingerprint density at radius 3 is 2.82 bits per heavy atom. The lowest BCUT2D eigenvalue weighted by Crippen LogP contribution is -2.36. The lowest BCUT2D eigenvalue weighted by molar-refractivity contribution is -0.0950. The van der Waals surface area contributed by atoms with E-state index in [0.717, 1.165) is 38.2 Å². The summed E-state index contributed by atoms with van der Waals surface area (Å²) in [5, 5.41) is 7.96. The molecule has 1 N–H and O–H groups in total. The number of hydrogen-bond acceptors (Lipinski definition) is 5.